The van der Waals surface area contributed by atoms with Crippen molar-refractivity contribution in [3.05, 3.63) is 41.3 Å². The zero-order valence-electron chi connectivity index (χ0n) is 10.8. The van der Waals surface area contributed by atoms with Gasteiger partial charge >= 0.3 is 0 Å². The molecule has 0 fully saturated rings. The summed E-state index contributed by atoms with van der Waals surface area (Å²) in [4.78, 5) is 12.4. The third-order valence-corrected chi connectivity index (χ3v) is 2.91. The molecule has 100 valence electrons. The van der Waals surface area contributed by atoms with Gasteiger partial charge in [-0.1, -0.05) is 0 Å². The molecule has 2 aromatic heterocycles. The van der Waals surface area contributed by atoms with Gasteiger partial charge in [0, 0.05) is 18.6 Å². The van der Waals surface area contributed by atoms with Crippen LogP contribution in [0.3, 0.4) is 0 Å². The van der Waals surface area contributed by atoms with Crippen LogP contribution in [0.4, 0.5) is 5.95 Å². The Labute approximate surface area is 120 Å². The highest BCUT2D eigenvalue weighted by atomic mass is 79.9. The van der Waals surface area contributed by atoms with Gasteiger partial charge in [0.05, 0.1) is 10.0 Å². The first kappa shape index (κ1) is 13.7. The van der Waals surface area contributed by atoms with Crippen LogP contribution in [-0.2, 0) is 0 Å². The average molecular weight is 323 g/mol. The van der Waals surface area contributed by atoms with Crippen molar-refractivity contribution >= 4 is 21.9 Å². The lowest BCUT2D eigenvalue weighted by atomic mass is 10.1. The van der Waals surface area contributed by atoms with Crippen LogP contribution in [0.25, 0.3) is 0 Å². The molecule has 0 spiro atoms. The lowest BCUT2D eigenvalue weighted by Gasteiger charge is -2.26. The molecule has 0 aliphatic heterocycles. The van der Waals surface area contributed by atoms with Gasteiger partial charge in [-0.15, -0.1) is 0 Å². The molecule has 2 heterocycles. The molecule has 0 amide bonds. The van der Waals surface area contributed by atoms with Crippen LogP contribution >= 0.6 is 15.9 Å². The summed E-state index contributed by atoms with van der Waals surface area (Å²) in [6, 6.07) is 5.51. The normalized spacial score (nSPS) is 11.1. The van der Waals surface area contributed by atoms with Crippen LogP contribution in [0.2, 0.25) is 0 Å². The quantitative estimate of drug-likeness (QED) is 0.917. The Morgan fingerprint density at radius 2 is 1.84 bits per heavy atom. The van der Waals surface area contributed by atoms with Crippen LogP contribution < -0.4 is 10.1 Å². The Kier molecular flexibility index (Phi) is 4.31. The van der Waals surface area contributed by atoms with Crippen LogP contribution in [0.5, 0.6) is 5.88 Å². The first-order valence-electron chi connectivity index (χ1n) is 5.85. The summed E-state index contributed by atoms with van der Waals surface area (Å²) < 4.78 is 6.53. The molecule has 6 heteroatoms. The molecule has 2 aromatic rings. The zero-order valence-corrected chi connectivity index (χ0v) is 12.4. The first-order valence-corrected chi connectivity index (χ1v) is 6.65. The van der Waals surface area contributed by atoms with Gasteiger partial charge in [-0.25, -0.2) is 15.0 Å². The van der Waals surface area contributed by atoms with E-state index in [4.69, 9.17) is 4.74 Å². The Morgan fingerprint density at radius 1 is 1.16 bits per heavy atom. The zero-order chi connectivity index (χ0) is 13.7. The summed E-state index contributed by atoms with van der Waals surface area (Å²) in [6.07, 6.45) is 5.09. The van der Waals surface area contributed by atoms with Crippen molar-refractivity contribution in [2.75, 3.05) is 11.9 Å². The fraction of sp³-hybridized carbons (Fsp3) is 0.308. The van der Waals surface area contributed by atoms with Gasteiger partial charge in [-0.2, -0.15) is 0 Å². The van der Waals surface area contributed by atoms with Gasteiger partial charge in [-0.3, -0.25) is 0 Å². The third-order valence-electron chi connectivity index (χ3n) is 2.31. The number of nitrogens with zero attached hydrogens (tertiary/aromatic N) is 3. The molecule has 0 bridgehead atoms. The van der Waals surface area contributed by atoms with Crippen LogP contribution in [0.15, 0.2) is 41.3 Å². The minimum Gasteiger partial charge on any atom is -0.474 e. The summed E-state index contributed by atoms with van der Waals surface area (Å²) in [5.74, 6) is 1.16. The summed E-state index contributed by atoms with van der Waals surface area (Å²) >= 11 is 3.40. The monoisotopic (exact) mass is 322 g/mol. The van der Waals surface area contributed by atoms with Gasteiger partial charge < -0.3 is 10.1 Å². The van der Waals surface area contributed by atoms with Crippen molar-refractivity contribution in [3.63, 3.8) is 0 Å². The maximum atomic E-state index is 5.70. The third kappa shape index (κ3) is 4.17. The minimum absolute atomic E-state index is 0.307. The number of aromatic nitrogens is 3. The van der Waals surface area contributed by atoms with Gasteiger partial charge in [0.25, 0.3) is 0 Å². The van der Waals surface area contributed by atoms with E-state index in [2.05, 4.69) is 36.2 Å². The van der Waals surface area contributed by atoms with Gasteiger partial charge in [0.2, 0.25) is 11.8 Å². The van der Waals surface area contributed by atoms with E-state index < -0.39 is 0 Å². The van der Waals surface area contributed by atoms with E-state index >= 15 is 0 Å². The second-order valence-corrected chi connectivity index (χ2v) is 5.51. The smallest absolute Gasteiger partial charge is 0.228 e. The largest absolute Gasteiger partial charge is 0.474 e. The molecule has 0 aliphatic rings. The maximum Gasteiger partial charge on any atom is 0.228 e. The highest BCUT2D eigenvalue weighted by Crippen LogP contribution is 2.22. The van der Waals surface area contributed by atoms with Gasteiger partial charge in [-0.05, 0) is 48.0 Å². The van der Waals surface area contributed by atoms with Crippen LogP contribution in [0.1, 0.15) is 13.8 Å². The molecule has 0 aromatic carbocycles. The number of rotatable bonds is 5. The molecule has 2 rings (SSSR count). The SMILES string of the molecule is CC(C)(COc1ncccc1Br)Nc1ncccn1. The number of halogens is 1. The lowest BCUT2D eigenvalue weighted by Crippen LogP contribution is -2.38. The number of anilines is 1. The van der Waals surface area contributed by atoms with E-state index in [9.17, 15) is 0 Å². The van der Waals surface area contributed by atoms with Crippen molar-refractivity contribution < 1.29 is 4.74 Å². The van der Waals surface area contributed by atoms with E-state index in [-0.39, 0.29) is 5.54 Å². The number of hydrogen-bond acceptors (Lipinski definition) is 5. The van der Waals surface area contributed by atoms with Crippen molar-refractivity contribution in [1.82, 2.24) is 15.0 Å². The van der Waals surface area contributed by atoms with Crippen LogP contribution in [-0.4, -0.2) is 27.1 Å². The highest BCUT2D eigenvalue weighted by Gasteiger charge is 2.20. The topological polar surface area (TPSA) is 59.9 Å². The predicted molar refractivity (Wildman–Crippen MR) is 77.2 cm³/mol. The second-order valence-electron chi connectivity index (χ2n) is 4.66. The van der Waals surface area contributed by atoms with E-state index in [1.165, 1.54) is 0 Å². The minimum atomic E-state index is -0.307. The van der Waals surface area contributed by atoms with Crippen molar-refractivity contribution in [2.24, 2.45) is 0 Å². The lowest BCUT2D eigenvalue weighted by molar-refractivity contribution is 0.245. The summed E-state index contributed by atoms with van der Waals surface area (Å²) in [7, 11) is 0. The summed E-state index contributed by atoms with van der Waals surface area (Å²) in [6.45, 7) is 4.47. The summed E-state index contributed by atoms with van der Waals surface area (Å²) in [5.41, 5.74) is -0.307. The average Bonchev–Trinajstić information content (AvgIpc) is 2.38. The number of nitrogens with one attached hydrogen (secondary N) is 1. The van der Waals surface area contributed by atoms with E-state index in [1.54, 1.807) is 24.7 Å². The molecule has 1 N–H and O–H groups in total. The molecule has 5 nitrogen and oxygen atoms in total. The molecule has 0 radical (unpaired) electrons. The molecule has 0 unspecified atom stereocenters. The molecule has 19 heavy (non-hydrogen) atoms. The standard InChI is InChI=1S/C13H15BrN4O/c1-13(2,18-12-16-7-4-8-17-12)9-19-11-10(14)5-3-6-15-11/h3-8H,9H2,1-2H3,(H,16,17,18). The fourth-order valence-electron chi connectivity index (χ4n) is 1.43. The molecule has 0 saturated heterocycles. The Bertz CT molecular complexity index is 533. The molecule has 0 saturated carbocycles. The van der Waals surface area contributed by atoms with Crippen molar-refractivity contribution in [2.45, 2.75) is 19.4 Å². The van der Waals surface area contributed by atoms with Crippen molar-refractivity contribution in [3.8, 4) is 5.88 Å². The second kappa shape index (κ2) is 5.97. The van der Waals surface area contributed by atoms with Crippen molar-refractivity contribution in [1.29, 1.82) is 0 Å². The highest BCUT2D eigenvalue weighted by molar-refractivity contribution is 9.10. The fourth-order valence-corrected chi connectivity index (χ4v) is 1.80. The Hall–Kier alpha value is -1.69. The maximum absolute atomic E-state index is 5.70. The predicted octanol–water partition coefficient (Wildman–Crippen LogP) is 2.90. The molecular formula is C13H15BrN4O. The van der Waals surface area contributed by atoms with E-state index in [0.29, 0.717) is 18.4 Å². The van der Waals surface area contributed by atoms with Gasteiger partial charge in [0.15, 0.2) is 0 Å². The summed E-state index contributed by atoms with van der Waals surface area (Å²) in [5, 5.41) is 3.22. The molecule has 0 aliphatic carbocycles. The van der Waals surface area contributed by atoms with Crippen LogP contribution in [0, 0.1) is 0 Å². The van der Waals surface area contributed by atoms with Gasteiger partial charge in [0.1, 0.15) is 6.61 Å². The Morgan fingerprint density at radius 3 is 2.53 bits per heavy atom. The first-order chi connectivity index (χ1) is 9.07. The van der Waals surface area contributed by atoms with E-state index in [0.717, 1.165) is 4.47 Å². The number of ether oxygens (including phenoxy) is 1. The molecular weight excluding hydrogens is 308 g/mol. The molecule has 0 atom stereocenters. The van der Waals surface area contributed by atoms with E-state index in [1.807, 2.05) is 26.0 Å². The number of pyridine rings is 1. The number of hydrogen-bond donors (Lipinski definition) is 1. The Balaban J connectivity index is 1.96.